The quantitative estimate of drug-likeness (QED) is 0.794. The smallest absolute Gasteiger partial charge is 0.261 e. The molecule has 1 N–H and O–H groups in total. The van der Waals surface area contributed by atoms with Crippen LogP contribution in [0.15, 0.2) is 58.8 Å². The molecule has 0 atom stereocenters. The number of fused-ring (bicyclic) bond motifs is 1. The summed E-state index contributed by atoms with van der Waals surface area (Å²) in [4.78, 5) is 0.280. The molecule has 0 saturated carbocycles. The SMILES string of the molecule is Cc1cccc(S(=O)(=O)Nc2ccc3sccc3c2)c1. The first-order valence-corrected chi connectivity index (χ1v) is 8.48. The van der Waals surface area contributed by atoms with Crippen LogP contribution in [-0.4, -0.2) is 8.42 Å². The zero-order valence-corrected chi connectivity index (χ0v) is 12.5. The van der Waals surface area contributed by atoms with E-state index >= 15 is 0 Å². The summed E-state index contributed by atoms with van der Waals surface area (Å²) < 4.78 is 28.4. The fourth-order valence-corrected chi connectivity index (χ4v) is 3.95. The van der Waals surface area contributed by atoms with E-state index in [1.54, 1.807) is 35.6 Å². The average Bonchev–Trinajstić information content (AvgIpc) is 2.85. The lowest BCUT2D eigenvalue weighted by atomic mass is 10.2. The molecule has 0 fully saturated rings. The van der Waals surface area contributed by atoms with Gasteiger partial charge in [-0.05, 0) is 59.7 Å². The number of hydrogen-bond acceptors (Lipinski definition) is 3. The van der Waals surface area contributed by atoms with E-state index in [1.807, 2.05) is 36.6 Å². The van der Waals surface area contributed by atoms with Gasteiger partial charge in [-0.2, -0.15) is 0 Å². The molecule has 0 aliphatic carbocycles. The van der Waals surface area contributed by atoms with Gasteiger partial charge in [0.2, 0.25) is 0 Å². The molecule has 0 spiro atoms. The molecule has 0 amide bonds. The molecule has 0 radical (unpaired) electrons. The molecule has 2 aromatic carbocycles. The molecule has 3 rings (SSSR count). The van der Waals surface area contributed by atoms with Gasteiger partial charge < -0.3 is 0 Å². The molecule has 0 unspecified atom stereocenters. The third kappa shape index (κ3) is 2.55. The van der Waals surface area contributed by atoms with Crippen LogP contribution in [0.5, 0.6) is 0 Å². The van der Waals surface area contributed by atoms with E-state index in [4.69, 9.17) is 0 Å². The third-order valence-corrected chi connectivity index (χ3v) is 5.28. The number of anilines is 1. The van der Waals surface area contributed by atoms with Crippen molar-refractivity contribution in [2.24, 2.45) is 0 Å². The predicted molar refractivity (Wildman–Crippen MR) is 83.8 cm³/mol. The van der Waals surface area contributed by atoms with Crippen LogP contribution in [0.1, 0.15) is 5.56 Å². The Morgan fingerprint density at radius 2 is 1.90 bits per heavy atom. The summed E-state index contributed by atoms with van der Waals surface area (Å²) in [6, 6.07) is 14.4. The Balaban J connectivity index is 1.96. The van der Waals surface area contributed by atoms with Crippen molar-refractivity contribution in [2.75, 3.05) is 4.72 Å². The highest BCUT2D eigenvalue weighted by Gasteiger charge is 2.14. The van der Waals surface area contributed by atoms with Gasteiger partial charge in [0.05, 0.1) is 4.90 Å². The lowest BCUT2D eigenvalue weighted by molar-refractivity contribution is 0.601. The highest BCUT2D eigenvalue weighted by Crippen LogP contribution is 2.25. The van der Waals surface area contributed by atoms with Crippen molar-refractivity contribution in [3.8, 4) is 0 Å². The molecule has 5 heteroatoms. The van der Waals surface area contributed by atoms with Gasteiger partial charge in [-0.3, -0.25) is 4.72 Å². The Bertz CT molecular complexity index is 866. The fraction of sp³-hybridized carbons (Fsp3) is 0.0667. The molecule has 0 aliphatic rings. The lowest BCUT2D eigenvalue weighted by Crippen LogP contribution is -2.12. The summed E-state index contributed by atoms with van der Waals surface area (Å²) >= 11 is 1.64. The number of hydrogen-bond donors (Lipinski definition) is 1. The Hall–Kier alpha value is -1.85. The lowest BCUT2D eigenvalue weighted by Gasteiger charge is -2.08. The van der Waals surface area contributed by atoms with Crippen LogP contribution in [0.2, 0.25) is 0 Å². The maximum absolute atomic E-state index is 12.3. The number of nitrogens with one attached hydrogen (secondary N) is 1. The van der Waals surface area contributed by atoms with Gasteiger partial charge in [-0.25, -0.2) is 8.42 Å². The normalized spacial score (nSPS) is 11.7. The highest BCUT2D eigenvalue weighted by atomic mass is 32.2. The maximum Gasteiger partial charge on any atom is 0.261 e. The second-order valence-corrected chi connectivity index (χ2v) is 7.23. The standard InChI is InChI=1S/C15H13NO2S2/c1-11-3-2-4-14(9-11)20(17,18)16-13-5-6-15-12(10-13)7-8-19-15/h2-10,16H,1H3. The largest absolute Gasteiger partial charge is 0.280 e. The molecular formula is C15H13NO2S2. The monoisotopic (exact) mass is 303 g/mol. The summed E-state index contributed by atoms with van der Waals surface area (Å²) in [5.74, 6) is 0. The number of aryl methyl sites for hydroxylation is 1. The Morgan fingerprint density at radius 3 is 2.70 bits per heavy atom. The zero-order valence-electron chi connectivity index (χ0n) is 10.8. The van der Waals surface area contributed by atoms with Crippen LogP contribution in [-0.2, 0) is 10.0 Å². The molecular weight excluding hydrogens is 290 g/mol. The summed E-state index contributed by atoms with van der Waals surface area (Å²) in [5, 5.41) is 3.03. The van der Waals surface area contributed by atoms with Crippen LogP contribution < -0.4 is 4.72 Å². The van der Waals surface area contributed by atoms with Crippen molar-refractivity contribution in [3.63, 3.8) is 0 Å². The topological polar surface area (TPSA) is 46.2 Å². The second kappa shape index (κ2) is 4.92. The van der Waals surface area contributed by atoms with Crippen LogP contribution >= 0.6 is 11.3 Å². The van der Waals surface area contributed by atoms with Gasteiger partial charge in [0.15, 0.2) is 0 Å². The summed E-state index contributed by atoms with van der Waals surface area (Å²) in [5.41, 5.74) is 1.50. The van der Waals surface area contributed by atoms with Crippen molar-refractivity contribution in [1.82, 2.24) is 0 Å². The summed E-state index contributed by atoms with van der Waals surface area (Å²) in [6.45, 7) is 1.87. The number of sulfonamides is 1. The first-order valence-electron chi connectivity index (χ1n) is 6.11. The molecule has 3 nitrogen and oxygen atoms in total. The maximum atomic E-state index is 12.3. The fourth-order valence-electron chi connectivity index (χ4n) is 2.03. The van der Waals surface area contributed by atoms with Gasteiger partial charge >= 0.3 is 0 Å². The first kappa shape index (κ1) is 13.1. The molecule has 0 aliphatic heterocycles. The third-order valence-electron chi connectivity index (χ3n) is 3.00. The van der Waals surface area contributed by atoms with E-state index in [1.165, 1.54) is 0 Å². The second-order valence-electron chi connectivity index (χ2n) is 4.60. The van der Waals surface area contributed by atoms with Crippen molar-refractivity contribution in [3.05, 3.63) is 59.5 Å². The minimum atomic E-state index is -3.53. The Morgan fingerprint density at radius 1 is 1.05 bits per heavy atom. The van der Waals surface area contributed by atoms with Crippen LogP contribution in [0.4, 0.5) is 5.69 Å². The van der Waals surface area contributed by atoms with Gasteiger partial charge in [0.1, 0.15) is 0 Å². The number of rotatable bonds is 3. The molecule has 20 heavy (non-hydrogen) atoms. The zero-order chi connectivity index (χ0) is 14.2. The van der Waals surface area contributed by atoms with E-state index in [0.29, 0.717) is 5.69 Å². The van der Waals surface area contributed by atoms with Crippen LogP contribution in [0.3, 0.4) is 0 Å². The summed E-state index contributed by atoms with van der Waals surface area (Å²) in [7, 11) is -3.53. The number of thiophene rings is 1. The van der Waals surface area contributed by atoms with Crippen LogP contribution in [0, 0.1) is 6.92 Å². The first-order chi connectivity index (χ1) is 9.54. The van der Waals surface area contributed by atoms with Gasteiger partial charge in [-0.15, -0.1) is 11.3 Å². The summed E-state index contributed by atoms with van der Waals surface area (Å²) in [6.07, 6.45) is 0. The van der Waals surface area contributed by atoms with Gasteiger partial charge in [0, 0.05) is 10.4 Å². The van der Waals surface area contributed by atoms with E-state index in [2.05, 4.69) is 4.72 Å². The minimum Gasteiger partial charge on any atom is -0.280 e. The van der Waals surface area contributed by atoms with E-state index < -0.39 is 10.0 Å². The van der Waals surface area contributed by atoms with E-state index in [-0.39, 0.29) is 4.90 Å². The molecule has 1 aromatic heterocycles. The molecule has 1 heterocycles. The van der Waals surface area contributed by atoms with Crippen molar-refractivity contribution in [1.29, 1.82) is 0 Å². The predicted octanol–water partition coefficient (Wildman–Crippen LogP) is 4.01. The Kier molecular flexibility index (Phi) is 3.23. The van der Waals surface area contributed by atoms with E-state index in [0.717, 1.165) is 15.6 Å². The molecule has 0 bridgehead atoms. The average molecular weight is 303 g/mol. The molecule has 102 valence electrons. The minimum absolute atomic E-state index is 0.280. The highest BCUT2D eigenvalue weighted by molar-refractivity contribution is 7.92. The van der Waals surface area contributed by atoms with Crippen molar-refractivity contribution in [2.45, 2.75) is 11.8 Å². The molecule has 3 aromatic rings. The van der Waals surface area contributed by atoms with Gasteiger partial charge in [-0.1, -0.05) is 12.1 Å². The van der Waals surface area contributed by atoms with E-state index in [9.17, 15) is 8.42 Å². The molecule has 0 saturated heterocycles. The Labute approximate surface area is 121 Å². The number of benzene rings is 2. The van der Waals surface area contributed by atoms with Crippen molar-refractivity contribution < 1.29 is 8.42 Å². The van der Waals surface area contributed by atoms with Crippen molar-refractivity contribution >= 4 is 37.1 Å². The van der Waals surface area contributed by atoms with Gasteiger partial charge in [0.25, 0.3) is 10.0 Å². The van der Waals surface area contributed by atoms with Crippen LogP contribution in [0.25, 0.3) is 10.1 Å².